The van der Waals surface area contributed by atoms with Crippen LogP contribution in [0.25, 0.3) is 0 Å². The van der Waals surface area contributed by atoms with Gasteiger partial charge in [0.15, 0.2) is 5.82 Å². The van der Waals surface area contributed by atoms with Gasteiger partial charge < -0.3 is 19.1 Å². The van der Waals surface area contributed by atoms with Gasteiger partial charge in [0, 0.05) is 39.2 Å². The van der Waals surface area contributed by atoms with Gasteiger partial charge in [0.1, 0.15) is 11.6 Å². The molecule has 1 amide bonds. The molecule has 1 saturated heterocycles. The first-order valence-electron chi connectivity index (χ1n) is 12.0. The van der Waals surface area contributed by atoms with Gasteiger partial charge in [-0.25, -0.2) is 4.39 Å². The molecular formula is C25H35FN4O3. The summed E-state index contributed by atoms with van der Waals surface area (Å²) in [5, 5.41) is 4.08. The maximum Gasteiger partial charge on any atom is 0.324 e. The second kappa shape index (κ2) is 10.1. The van der Waals surface area contributed by atoms with Gasteiger partial charge >= 0.3 is 6.01 Å². The van der Waals surface area contributed by atoms with Gasteiger partial charge in [-0.3, -0.25) is 4.79 Å². The van der Waals surface area contributed by atoms with Crippen LogP contribution >= 0.6 is 0 Å². The fourth-order valence-electron chi connectivity index (χ4n) is 4.70. The molecule has 2 unspecified atom stereocenters. The summed E-state index contributed by atoms with van der Waals surface area (Å²) in [7, 11) is 3.34. The maximum atomic E-state index is 14.3. The normalized spacial score (nSPS) is 20.8. The van der Waals surface area contributed by atoms with E-state index in [2.05, 4.69) is 28.9 Å². The third kappa shape index (κ3) is 5.84. The van der Waals surface area contributed by atoms with Gasteiger partial charge in [-0.1, -0.05) is 25.1 Å². The van der Waals surface area contributed by atoms with Crippen LogP contribution in [0.1, 0.15) is 56.8 Å². The van der Waals surface area contributed by atoms with Crippen LogP contribution in [-0.4, -0.2) is 54.7 Å². The summed E-state index contributed by atoms with van der Waals surface area (Å²) in [6, 6.07) is 5.44. The summed E-state index contributed by atoms with van der Waals surface area (Å²) in [6.45, 7) is 6.66. The van der Waals surface area contributed by atoms with E-state index in [4.69, 9.17) is 9.26 Å². The van der Waals surface area contributed by atoms with E-state index < -0.39 is 0 Å². The van der Waals surface area contributed by atoms with E-state index in [9.17, 15) is 9.18 Å². The molecule has 1 aliphatic carbocycles. The highest BCUT2D eigenvalue weighted by atomic mass is 19.1. The molecule has 2 fully saturated rings. The van der Waals surface area contributed by atoms with Crippen molar-refractivity contribution in [1.82, 2.24) is 15.0 Å². The Morgan fingerprint density at radius 1 is 1.30 bits per heavy atom. The van der Waals surface area contributed by atoms with Crippen molar-refractivity contribution in [1.29, 1.82) is 0 Å². The Morgan fingerprint density at radius 3 is 2.70 bits per heavy atom. The molecule has 1 aromatic carbocycles. The molecule has 0 spiro atoms. The first-order valence-corrected chi connectivity index (χ1v) is 12.0. The molecule has 0 radical (unpaired) electrons. The molecule has 2 heterocycles. The second-order valence-electron chi connectivity index (χ2n) is 9.93. The zero-order valence-electron chi connectivity index (χ0n) is 20.1. The van der Waals surface area contributed by atoms with Crippen molar-refractivity contribution in [2.75, 3.05) is 38.7 Å². The van der Waals surface area contributed by atoms with Crippen molar-refractivity contribution in [3.8, 4) is 5.75 Å². The fraction of sp³-hybridized carbons (Fsp3) is 0.640. The number of likely N-dealkylation sites (N-methyl/N-ethyl adjacent to an activating group) is 1. The molecule has 2 aromatic rings. The molecule has 7 nitrogen and oxygen atoms in total. The molecule has 180 valence electrons. The molecule has 1 aliphatic heterocycles. The number of ether oxygens (including phenoxy) is 1. The quantitative estimate of drug-likeness (QED) is 0.558. The SMILES string of the molecule is CC(C)c1noc(N2CCC(C3CC3CCOc3ccc(CC(=O)N(C)C)c(F)c3)CC2)n1. The minimum atomic E-state index is -0.388. The molecule has 0 bridgehead atoms. The third-order valence-electron chi connectivity index (χ3n) is 6.96. The summed E-state index contributed by atoms with van der Waals surface area (Å²) >= 11 is 0. The minimum Gasteiger partial charge on any atom is -0.493 e. The van der Waals surface area contributed by atoms with Crippen molar-refractivity contribution in [2.24, 2.45) is 17.8 Å². The Bertz CT molecular complexity index is 953. The maximum absolute atomic E-state index is 14.3. The first kappa shape index (κ1) is 23.5. The number of rotatable bonds is 9. The van der Waals surface area contributed by atoms with Crippen molar-refractivity contribution in [3.63, 3.8) is 0 Å². The number of hydrogen-bond acceptors (Lipinski definition) is 6. The molecule has 2 atom stereocenters. The number of amides is 1. The highest BCUT2D eigenvalue weighted by molar-refractivity contribution is 5.78. The number of aromatic nitrogens is 2. The van der Waals surface area contributed by atoms with Crippen LogP contribution in [0.3, 0.4) is 0 Å². The highest BCUT2D eigenvalue weighted by Gasteiger charge is 2.43. The molecule has 4 rings (SSSR count). The number of nitrogens with zero attached hydrogens (tertiary/aromatic N) is 4. The van der Waals surface area contributed by atoms with Gasteiger partial charge in [0.05, 0.1) is 13.0 Å². The van der Waals surface area contributed by atoms with Crippen LogP contribution in [0.4, 0.5) is 10.4 Å². The van der Waals surface area contributed by atoms with Crippen molar-refractivity contribution >= 4 is 11.9 Å². The van der Waals surface area contributed by atoms with Crippen LogP contribution in [-0.2, 0) is 11.2 Å². The van der Waals surface area contributed by atoms with Crippen LogP contribution < -0.4 is 9.64 Å². The zero-order valence-corrected chi connectivity index (χ0v) is 20.1. The standard InChI is InChI=1S/C25H35FN4O3/c1-16(2)24-27-25(33-28-24)30-10-7-17(8-11-30)21-13-18(21)9-12-32-20-6-5-19(22(26)15-20)14-23(31)29(3)4/h5-6,15-18,21H,7-14H2,1-4H3. The van der Waals surface area contributed by atoms with Gasteiger partial charge in [0.25, 0.3) is 0 Å². The number of piperidine rings is 1. The number of hydrogen-bond donors (Lipinski definition) is 0. The lowest BCUT2D eigenvalue weighted by Gasteiger charge is -2.30. The smallest absolute Gasteiger partial charge is 0.324 e. The van der Waals surface area contributed by atoms with Gasteiger partial charge in [0.2, 0.25) is 5.91 Å². The van der Waals surface area contributed by atoms with Crippen molar-refractivity contribution < 1.29 is 18.4 Å². The topological polar surface area (TPSA) is 71.7 Å². The first-order chi connectivity index (χ1) is 15.8. The van der Waals surface area contributed by atoms with E-state index in [1.165, 1.54) is 17.4 Å². The lowest BCUT2D eigenvalue weighted by molar-refractivity contribution is -0.128. The average molecular weight is 459 g/mol. The number of carbonyl (C=O) groups excluding carboxylic acids is 1. The molecule has 0 N–H and O–H groups in total. The molecular weight excluding hydrogens is 423 g/mol. The third-order valence-corrected chi connectivity index (χ3v) is 6.96. The Balaban J connectivity index is 1.17. The van der Waals surface area contributed by atoms with Gasteiger partial charge in [-0.2, -0.15) is 4.98 Å². The lowest BCUT2D eigenvalue weighted by atomic mass is 9.90. The number of carbonyl (C=O) groups is 1. The Labute approximate surface area is 195 Å². The van der Waals surface area contributed by atoms with Crippen molar-refractivity contribution in [2.45, 2.75) is 51.9 Å². The zero-order chi connectivity index (χ0) is 23.5. The molecule has 2 aliphatic rings. The highest BCUT2D eigenvalue weighted by Crippen LogP contribution is 2.50. The van der Waals surface area contributed by atoms with E-state index in [0.717, 1.165) is 50.0 Å². The predicted octanol–water partition coefficient (Wildman–Crippen LogP) is 4.28. The summed E-state index contributed by atoms with van der Waals surface area (Å²) in [4.78, 5) is 20.0. The second-order valence-corrected chi connectivity index (χ2v) is 9.93. The molecule has 1 aromatic heterocycles. The van der Waals surface area contributed by atoms with E-state index in [1.807, 2.05) is 0 Å². The van der Waals surface area contributed by atoms with Crippen LogP contribution in [0.15, 0.2) is 22.7 Å². The van der Waals surface area contributed by atoms with Crippen LogP contribution in [0, 0.1) is 23.6 Å². The van der Waals surface area contributed by atoms with E-state index in [-0.39, 0.29) is 24.1 Å². The number of benzene rings is 1. The Hall–Kier alpha value is -2.64. The molecule has 1 saturated carbocycles. The summed E-state index contributed by atoms with van der Waals surface area (Å²) in [6.07, 6.45) is 4.62. The van der Waals surface area contributed by atoms with Crippen LogP contribution in [0.2, 0.25) is 0 Å². The van der Waals surface area contributed by atoms with E-state index in [1.54, 1.807) is 26.2 Å². The van der Waals surface area contributed by atoms with Crippen molar-refractivity contribution in [3.05, 3.63) is 35.4 Å². The van der Waals surface area contributed by atoms with E-state index in [0.29, 0.717) is 29.9 Å². The largest absolute Gasteiger partial charge is 0.493 e. The van der Waals surface area contributed by atoms with Gasteiger partial charge in [-0.15, -0.1) is 0 Å². The van der Waals surface area contributed by atoms with Crippen LogP contribution in [0.5, 0.6) is 5.75 Å². The minimum absolute atomic E-state index is 0.0626. The Morgan fingerprint density at radius 2 is 2.06 bits per heavy atom. The lowest BCUT2D eigenvalue weighted by Crippen LogP contribution is -2.34. The van der Waals surface area contributed by atoms with Gasteiger partial charge in [-0.05, 0) is 55.1 Å². The van der Waals surface area contributed by atoms with E-state index >= 15 is 0 Å². The number of halogens is 1. The Kier molecular flexibility index (Phi) is 7.20. The number of anilines is 1. The average Bonchev–Trinajstić information content (AvgIpc) is 3.38. The molecule has 8 heteroatoms. The summed E-state index contributed by atoms with van der Waals surface area (Å²) in [5.41, 5.74) is 0.399. The summed E-state index contributed by atoms with van der Waals surface area (Å²) < 4.78 is 25.5. The fourth-order valence-corrected chi connectivity index (χ4v) is 4.70. The molecule has 33 heavy (non-hydrogen) atoms. The monoisotopic (exact) mass is 458 g/mol. The predicted molar refractivity (Wildman–Crippen MR) is 124 cm³/mol. The summed E-state index contributed by atoms with van der Waals surface area (Å²) in [5.74, 6) is 3.26.